The number of nitrogens with one attached hydrogen (secondary N) is 1. The molecule has 0 saturated carbocycles. The van der Waals surface area contributed by atoms with Crippen molar-refractivity contribution >= 4 is 17.5 Å². The van der Waals surface area contributed by atoms with Gasteiger partial charge >= 0.3 is 0 Å². The van der Waals surface area contributed by atoms with E-state index in [9.17, 15) is 9.59 Å². The molecule has 1 aromatic carbocycles. The lowest BCUT2D eigenvalue weighted by Crippen LogP contribution is -2.42. The van der Waals surface area contributed by atoms with Crippen molar-refractivity contribution in [2.45, 2.75) is 32.8 Å². The predicted octanol–water partition coefficient (Wildman–Crippen LogP) is 2.54. The Kier molecular flexibility index (Phi) is 7.24. The van der Waals surface area contributed by atoms with Gasteiger partial charge in [0, 0.05) is 25.5 Å². The molecule has 8 nitrogen and oxygen atoms in total. The van der Waals surface area contributed by atoms with Crippen LogP contribution in [-0.2, 0) is 11.4 Å². The minimum absolute atomic E-state index is 0.0609. The summed E-state index contributed by atoms with van der Waals surface area (Å²) in [5.74, 6) is 0.0896. The Labute approximate surface area is 193 Å². The van der Waals surface area contributed by atoms with Crippen molar-refractivity contribution in [1.82, 2.24) is 19.6 Å². The highest BCUT2D eigenvalue weighted by Crippen LogP contribution is 2.20. The molecule has 0 spiro atoms. The van der Waals surface area contributed by atoms with Gasteiger partial charge in [0.1, 0.15) is 18.0 Å². The molecule has 1 unspecified atom stereocenters. The number of fused-ring (bicyclic) bond motifs is 1. The van der Waals surface area contributed by atoms with Crippen LogP contribution in [0.15, 0.2) is 48.8 Å². The lowest BCUT2D eigenvalue weighted by Gasteiger charge is -2.31. The highest BCUT2D eigenvalue weighted by atomic mass is 16.5. The number of carbonyl (C=O) groups excluding carboxylic acids is 2. The lowest BCUT2D eigenvalue weighted by molar-refractivity contribution is -0.123. The zero-order valence-corrected chi connectivity index (χ0v) is 19.0. The van der Waals surface area contributed by atoms with Crippen molar-refractivity contribution in [1.29, 1.82) is 0 Å². The summed E-state index contributed by atoms with van der Waals surface area (Å²) in [6.07, 6.45) is 6.55. The number of nitrogens with two attached hydrogens (primary N) is 1. The topological polar surface area (TPSA) is 102 Å². The molecule has 1 fully saturated rings. The Morgan fingerprint density at radius 3 is 2.91 bits per heavy atom. The van der Waals surface area contributed by atoms with Crippen molar-refractivity contribution in [3.8, 4) is 5.75 Å². The van der Waals surface area contributed by atoms with E-state index in [1.54, 1.807) is 12.1 Å². The van der Waals surface area contributed by atoms with E-state index >= 15 is 0 Å². The summed E-state index contributed by atoms with van der Waals surface area (Å²) in [6, 6.07) is 11.2. The molecule has 0 bridgehead atoms. The highest BCUT2D eigenvalue weighted by molar-refractivity contribution is 5.96. The fraction of sp³-hybridized carbons (Fsp3) is 0.400. The number of pyridine rings is 1. The maximum Gasteiger partial charge on any atom is 0.255 e. The summed E-state index contributed by atoms with van der Waals surface area (Å²) < 4.78 is 7.93. The first-order valence-corrected chi connectivity index (χ1v) is 11.5. The number of para-hydroxylation sites is 1. The Morgan fingerprint density at radius 1 is 1.24 bits per heavy atom. The number of nitrogens with zero attached hydrogens (tertiary/aromatic N) is 3. The predicted molar refractivity (Wildman–Crippen MR) is 126 cm³/mol. The maximum absolute atomic E-state index is 12.8. The Bertz CT molecular complexity index is 1130. The fourth-order valence-electron chi connectivity index (χ4n) is 4.30. The van der Waals surface area contributed by atoms with Crippen molar-refractivity contribution in [2.24, 2.45) is 11.7 Å². The Hall–Kier alpha value is -3.39. The highest BCUT2D eigenvalue weighted by Gasteiger charge is 2.23. The second kappa shape index (κ2) is 10.5. The monoisotopic (exact) mass is 449 g/mol. The van der Waals surface area contributed by atoms with E-state index in [1.807, 2.05) is 48.0 Å². The average molecular weight is 450 g/mol. The van der Waals surface area contributed by atoms with Crippen LogP contribution in [0.2, 0.25) is 0 Å². The third kappa shape index (κ3) is 5.70. The number of hydrogen-bond acceptors (Lipinski definition) is 5. The molecule has 8 heteroatoms. The van der Waals surface area contributed by atoms with E-state index in [4.69, 9.17) is 10.5 Å². The number of imidazole rings is 1. The van der Waals surface area contributed by atoms with Crippen molar-refractivity contribution < 1.29 is 14.3 Å². The first kappa shape index (κ1) is 22.8. The summed E-state index contributed by atoms with van der Waals surface area (Å²) in [6.45, 7) is 5.36. The van der Waals surface area contributed by atoms with Gasteiger partial charge in [-0.2, -0.15) is 0 Å². The zero-order chi connectivity index (χ0) is 23.2. The van der Waals surface area contributed by atoms with Crippen LogP contribution in [0.5, 0.6) is 5.75 Å². The molecule has 1 atom stereocenters. The normalized spacial score (nSPS) is 16.6. The van der Waals surface area contributed by atoms with Gasteiger partial charge in [-0.25, -0.2) is 4.98 Å². The first-order valence-electron chi connectivity index (χ1n) is 11.5. The van der Waals surface area contributed by atoms with Gasteiger partial charge in [-0.05, 0) is 63.0 Å². The van der Waals surface area contributed by atoms with E-state index < -0.39 is 0 Å². The van der Waals surface area contributed by atoms with Gasteiger partial charge in [0.25, 0.3) is 5.91 Å². The molecule has 1 saturated heterocycles. The van der Waals surface area contributed by atoms with E-state index in [1.165, 1.54) is 0 Å². The molecule has 0 radical (unpaired) electrons. The van der Waals surface area contributed by atoms with Gasteiger partial charge in [-0.15, -0.1) is 0 Å². The molecule has 174 valence electrons. The number of rotatable bonds is 9. The first-order chi connectivity index (χ1) is 16.0. The molecule has 3 N–H and O–H groups in total. The van der Waals surface area contributed by atoms with Crippen LogP contribution in [0.25, 0.3) is 5.65 Å². The third-order valence-electron chi connectivity index (χ3n) is 6.08. The van der Waals surface area contributed by atoms with Gasteiger partial charge in [-0.1, -0.05) is 18.2 Å². The number of benzene rings is 1. The van der Waals surface area contributed by atoms with Crippen molar-refractivity contribution in [3.63, 3.8) is 0 Å². The summed E-state index contributed by atoms with van der Waals surface area (Å²) in [7, 11) is 0. The molecule has 1 aliphatic heterocycles. The second-order valence-corrected chi connectivity index (χ2v) is 8.59. The molecule has 33 heavy (non-hydrogen) atoms. The number of primary amides is 1. The lowest BCUT2D eigenvalue weighted by atomic mass is 9.97. The standard InChI is InChI=1S/C25H31N5O3/c1-18-7-4-14-30-16-20(28-24(18)30)17-33-22-10-3-2-9-21(22)25(32)27-11-6-13-29-12-5-8-19(15-29)23(26)31/h2-4,7,9-10,14,16,19H,5-6,8,11-13,15,17H2,1H3,(H2,26,31)(H,27,32). The number of aromatic nitrogens is 2. The number of hydrogen-bond donors (Lipinski definition) is 2. The van der Waals surface area contributed by atoms with Crippen LogP contribution in [0.1, 0.15) is 40.9 Å². The summed E-state index contributed by atoms with van der Waals surface area (Å²) in [5.41, 5.74) is 8.75. The summed E-state index contributed by atoms with van der Waals surface area (Å²) in [5, 5.41) is 2.98. The van der Waals surface area contributed by atoms with Crippen LogP contribution < -0.4 is 15.8 Å². The molecular weight excluding hydrogens is 418 g/mol. The van der Waals surface area contributed by atoms with Crippen LogP contribution in [0, 0.1) is 12.8 Å². The quantitative estimate of drug-likeness (QED) is 0.489. The van der Waals surface area contributed by atoms with Crippen LogP contribution in [-0.4, -0.2) is 52.3 Å². The molecular formula is C25H31N5O3. The average Bonchev–Trinajstić information content (AvgIpc) is 3.25. The number of ether oxygens (including phenoxy) is 1. The van der Waals surface area contributed by atoms with Gasteiger partial charge < -0.3 is 25.1 Å². The number of piperidine rings is 1. The van der Waals surface area contributed by atoms with Gasteiger partial charge in [0.15, 0.2) is 0 Å². The van der Waals surface area contributed by atoms with E-state index in [2.05, 4.69) is 15.2 Å². The van der Waals surface area contributed by atoms with Gasteiger partial charge in [-0.3, -0.25) is 9.59 Å². The van der Waals surface area contributed by atoms with E-state index in [0.717, 1.165) is 49.3 Å². The van der Waals surface area contributed by atoms with Crippen molar-refractivity contribution in [3.05, 3.63) is 65.6 Å². The van der Waals surface area contributed by atoms with Crippen LogP contribution >= 0.6 is 0 Å². The van der Waals surface area contributed by atoms with Crippen LogP contribution in [0.4, 0.5) is 0 Å². The minimum atomic E-state index is -0.219. The Morgan fingerprint density at radius 2 is 2.09 bits per heavy atom. The molecule has 3 aromatic rings. The third-order valence-corrected chi connectivity index (χ3v) is 6.08. The van der Waals surface area contributed by atoms with Gasteiger partial charge in [0.05, 0.1) is 17.2 Å². The number of aryl methyl sites for hydroxylation is 1. The molecule has 1 aliphatic rings. The number of carbonyl (C=O) groups is 2. The van der Waals surface area contributed by atoms with Gasteiger partial charge in [0.2, 0.25) is 5.91 Å². The summed E-state index contributed by atoms with van der Waals surface area (Å²) >= 11 is 0. The Balaban J connectivity index is 1.28. The van der Waals surface area contributed by atoms with Crippen LogP contribution in [0.3, 0.4) is 0 Å². The largest absolute Gasteiger partial charge is 0.486 e. The zero-order valence-electron chi connectivity index (χ0n) is 19.0. The second-order valence-electron chi connectivity index (χ2n) is 8.59. The molecule has 2 aromatic heterocycles. The SMILES string of the molecule is Cc1cccn2cc(COc3ccccc3C(=O)NCCCN3CCCC(C(N)=O)C3)nc12. The van der Waals surface area contributed by atoms with Crippen molar-refractivity contribution in [2.75, 3.05) is 26.2 Å². The number of likely N-dealkylation sites (tertiary alicyclic amines) is 1. The fourth-order valence-corrected chi connectivity index (χ4v) is 4.30. The van der Waals surface area contributed by atoms with E-state index in [0.29, 0.717) is 24.4 Å². The smallest absolute Gasteiger partial charge is 0.255 e. The number of amides is 2. The molecule has 2 amide bonds. The van der Waals surface area contributed by atoms with E-state index in [-0.39, 0.29) is 24.3 Å². The molecule has 4 rings (SSSR count). The summed E-state index contributed by atoms with van der Waals surface area (Å²) in [4.78, 5) is 31.1. The minimum Gasteiger partial charge on any atom is -0.486 e. The molecule has 3 heterocycles. The molecule has 0 aliphatic carbocycles. The maximum atomic E-state index is 12.8.